The van der Waals surface area contributed by atoms with E-state index in [4.69, 9.17) is 4.74 Å². The number of benzene rings is 2. The Labute approximate surface area is 228 Å². The first kappa shape index (κ1) is 27.1. The molecule has 1 saturated carbocycles. The molecule has 1 aliphatic carbocycles. The Hall–Kier alpha value is -2.90. The zero-order chi connectivity index (χ0) is 26.0. The SMILES string of the molecule is COCCN(CC(=O)N(Cc1cccn1Cc1ccccc1)C1CCCCC1)C(=O)c1cccc(Br)c1. The van der Waals surface area contributed by atoms with Crippen LogP contribution >= 0.6 is 15.9 Å². The van der Waals surface area contributed by atoms with Gasteiger partial charge in [-0.1, -0.05) is 71.6 Å². The van der Waals surface area contributed by atoms with Gasteiger partial charge in [0.2, 0.25) is 5.91 Å². The molecule has 0 radical (unpaired) electrons. The summed E-state index contributed by atoms with van der Waals surface area (Å²) >= 11 is 3.45. The molecular formula is C30H36BrN3O3. The molecule has 4 rings (SSSR count). The van der Waals surface area contributed by atoms with Gasteiger partial charge in [-0.25, -0.2) is 0 Å². The highest BCUT2D eigenvalue weighted by atomic mass is 79.9. The minimum atomic E-state index is -0.164. The third-order valence-corrected chi connectivity index (χ3v) is 7.53. The number of carbonyl (C=O) groups excluding carboxylic acids is 2. The summed E-state index contributed by atoms with van der Waals surface area (Å²) < 4.78 is 8.32. The van der Waals surface area contributed by atoms with Crippen LogP contribution in [0.25, 0.3) is 0 Å². The summed E-state index contributed by atoms with van der Waals surface area (Å²) in [6.45, 7) is 2.06. The summed E-state index contributed by atoms with van der Waals surface area (Å²) in [6.07, 6.45) is 7.55. The quantitative estimate of drug-likeness (QED) is 0.297. The van der Waals surface area contributed by atoms with Gasteiger partial charge in [0.25, 0.3) is 5.91 Å². The molecule has 0 spiro atoms. The molecule has 37 heavy (non-hydrogen) atoms. The molecule has 2 aromatic carbocycles. The van der Waals surface area contributed by atoms with Crippen molar-refractivity contribution < 1.29 is 14.3 Å². The lowest BCUT2D eigenvalue weighted by Crippen LogP contribution is -2.48. The van der Waals surface area contributed by atoms with Crippen molar-refractivity contribution in [1.29, 1.82) is 0 Å². The predicted octanol–water partition coefficient (Wildman–Crippen LogP) is 5.75. The van der Waals surface area contributed by atoms with Gasteiger partial charge in [-0.05, 0) is 48.7 Å². The van der Waals surface area contributed by atoms with Crippen molar-refractivity contribution in [3.63, 3.8) is 0 Å². The van der Waals surface area contributed by atoms with E-state index in [0.717, 1.165) is 42.4 Å². The van der Waals surface area contributed by atoms with Crippen LogP contribution in [0.15, 0.2) is 77.4 Å². The molecule has 0 saturated heterocycles. The second kappa shape index (κ2) is 13.6. The number of hydrogen-bond acceptors (Lipinski definition) is 3. The highest BCUT2D eigenvalue weighted by Crippen LogP contribution is 2.25. The molecule has 0 N–H and O–H groups in total. The molecular weight excluding hydrogens is 530 g/mol. The summed E-state index contributed by atoms with van der Waals surface area (Å²) in [5, 5.41) is 0. The standard InChI is InChI=1S/C30H36BrN3O3/c1-37-19-18-33(30(36)25-12-8-13-26(31)20-25)23-29(35)34(27-14-6-3-7-15-27)22-28-16-9-17-32(28)21-24-10-4-2-5-11-24/h2,4-5,8-13,16-17,20,27H,3,6-7,14-15,18-19,21-23H2,1H3. The number of nitrogens with zero attached hydrogens (tertiary/aromatic N) is 3. The first-order chi connectivity index (χ1) is 18.0. The van der Waals surface area contributed by atoms with E-state index < -0.39 is 0 Å². The van der Waals surface area contributed by atoms with E-state index in [1.54, 1.807) is 24.1 Å². The molecule has 1 heterocycles. The fourth-order valence-corrected chi connectivity index (χ4v) is 5.43. The zero-order valence-corrected chi connectivity index (χ0v) is 23.1. The van der Waals surface area contributed by atoms with Crippen LogP contribution in [0.4, 0.5) is 0 Å². The molecule has 6 nitrogen and oxygen atoms in total. The number of aromatic nitrogens is 1. The average molecular weight is 567 g/mol. The first-order valence-corrected chi connectivity index (χ1v) is 13.9. The number of carbonyl (C=O) groups is 2. The van der Waals surface area contributed by atoms with E-state index in [1.807, 2.05) is 41.3 Å². The van der Waals surface area contributed by atoms with E-state index >= 15 is 0 Å². The minimum absolute atomic E-state index is 0.0150. The van der Waals surface area contributed by atoms with Crippen LogP contribution in [0.3, 0.4) is 0 Å². The maximum Gasteiger partial charge on any atom is 0.254 e. The fourth-order valence-electron chi connectivity index (χ4n) is 5.03. The number of hydrogen-bond donors (Lipinski definition) is 0. The largest absolute Gasteiger partial charge is 0.383 e. The molecule has 0 unspecified atom stereocenters. The van der Waals surface area contributed by atoms with Gasteiger partial charge in [-0.15, -0.1) is 0 Å². The van der Waals surface area contributed by atoms with Crippen LogP contribution in [0.1, 0.15) is 53.7 Å². The van der Waals surface area contributed by atoms with Gasteiger partial charge in [0.15, 0.2) is 0 Å². The molecule has 1 aliphatic rings. The van der Waals surface area contributed by atoms with Crippen molar-refractivity contribution in [3.8, 4) is 0 Å². The molecule has 0 atom stereocenters. The van der Waals surface area contributed by atoms with Crippen LogP contribution in [-0.2, 0) is 22.6 Å². The van der Waals surface area contributed by atoms with Crippen LogP contribution in [0.2, 0.25) is 0 Å². The van der Waals surface area contributed by atoms with Crippen LogP contribution in [0, 0.1) is 0 Å². The van der Waals surface area contributed by atoms with Crippen molar-refractivity contribution in [2.75, 3.05) is 26.8 Å². The Bertz CT molecular complexity index is 1160. The van der Waals surface area contributed by atoms with E-state index in [-0.39, 0.29) is 24.4 Å². The van der Waals surface area contributed by atoms with Gasteiger partial charge in [0.1, 0.15) is 6.54 Å². The van der Waals surface area contributed by atoms with Gasteiger partial charge < -0.3 is 19.1 Å². The second-order valence-corrected chi connectivity index (χ2v) is 10.6. The number of ether oxygens (including phenoxy) is 1. The van der Waals surface area contributed by atoms with Crippen molar-refractivity contribution in [2.45, 2.75) is 51.2 Å². The lowest BCUT2D eigenvalue weighted by Gasteiger charge is -2.36. The highest BCUT2D eigenvalue weighted by molar-refractivity contribution is 9.10. The molecule has 1 fully saturated rings. The van der Waals surface area contributed by atoms with Gasteiger partial charge >= 0.3 is 0 Å². The molecule has 2 amide bonds. The van der Waals surface area contributed by atoms with Crippen LogP contribution in [-0.4, -0.2) is 59.0 Å². The maximum atomic E-state index is 13.9. The Kier molecular flexibility index (Phi) is 9.97. The maximum absolute atomic E-state index is 13.9. The van der Waals surface area contributed by atoms with Crippen molar-refractivity contribution in [2.24, 2.45) is 0 Å². The van der Waals surface area contributed by atoms with Crippen LogP contribution < -0.4 is 0 Å². The molecule has 196 valence electrons. The third kappa shape index (κ3) is 7.55. The summed E-state index contributed by atoms with van der Waals surface area (Å²) in [5.74, 6) is -0.179. The summed E-state index contributed by atoms with van der Waals surface area (Å²) in [6, 6.07) is 22.0. The molecule has 7 heteroatoms. The number of halogens is 1. The highest BCUT2D eigenvalue weighted by Gasteiger charge is 2.29. The average Bonchev–Trinajstić information content (AvgIpc) is 3.36. The summed E-state index contributed by atoms with van der Waals surface area (Å²) in [4.78, 5) is 30.9. The Morgan fingerprint density at radius 2 is 1.78 bits per heavy atom. The fraction of sp³-hybridized carbons (Fsp3) is 0.400. The zero-order valence-electron chi connectivity index (χ0n) is 21.5. The van der Waals surface area contributed by atoms with Gasteiger partial charge in [0, 0.05) is 48.2 Å². The predicted molar refractivity (Wildman–Crippen MR) is 149 cm³/mol. The number of methoxy groups -OCH3 is 1. The second-order valence-electron chi connectivity index (χ2n) is 9.66. The third-order valence-electron chi connectivity index (χ3n) is 7.04. The lowest BCUT2D eigenvalue weighted by atomic mass is 9.94. The topological polar surface area (TPSA) is 54.8 Å². The summed E-state index contributed by atoms with van der Waals surface area (Å²) in [7, 11) is 1.61. The van der Waals surface area contributed by atoms with Crippen molar-refractivity contribution in [3.05, 3.63) is 94.2 Å². The molecule has 0 bridgehead atoms. The smallest absolute Gasteiger partial charge is 0.254 e. The van der Waals surface area contributed by atoms with Crippen LogP contribution in [0.5, 0.6) is 0 Å². The minimum Gasteiger partial charge on any atom is -0.383 e. The molecule has 3 aromatic rings. The molecule has 0 aliphatic heterocycles. The first-order valence-electron chi connectivity index (χ1n) is 13.1. The Morgan fingerprint density at radius 1 is 1.00 bits per heavy atom. The van der Waals surface area contributed by atoms with Gasteiger partial charge in [0.05, 0.1) is 13.2 Å². The van der Waals surface area contributed by atoms with E-state index in [0.29, 0.717) is 25.3 Å². The number of amides is 2. The number of rotatable bonds is 11. The van der Waals surface area contributed by atoms with Crippen molar-refractivity contribution in [1.82, 2.24) is 14.4 Å². The van der Waals surface area contributed by atoms with Gasteiger partial charge in [-0.3, -0.25) is 9.59 Å². The monoisotopic (exact) mass is 565 g/mol. The molecule has 1 aromatic heterocycles. The Morgan fingerprint density at radius 3 is 2.51 bits per heavy atom. The normalized spacial score (nSPS) is 13.9. The van der Waals surface area contributed by atoms with E-state index in [1.165, 1.54) is 12.0 Å². The van der Waals surface area contributed by atoms with E-state index in [9.17, 15) is 9.59 Å². The van der Waals surface area contributed by atoms with Crippen molar-refractivity contribution >= 4 is 27.7 Å². The van der Waals surface area contributed by atoms with Gasteiger partial charge in [-0.2, -0.15) is 0 Å². The Balaban J connectivity index is 1.54. The lowest BCUT2D eigenvalue weighted by molar-refractivity contribution is -0.135. The van der Waals surface area contributed by atoms with E-state index in [2.05, 4.69) is 44.9 Å². The summed E-state index contributed by atoms with van der Waals surface area (Å²) in [5.41, 5.74) is 2.88.